The van der Waals surface area contributed by atoms with E-state index in [0.717, 1.165) is 5.56 Å². The Morgan fingerprint density at radius 2 is 1.60 bits per heavy atom. The van der Waals surface area contributed by atoms with Crippen LogP contribution >= 0.6 is 0 Å². The van der Waals surface area contributed by atoms with Crippen molar-refractivity contribution in [2.75, 3.05) is 0 Å². The van der Waals surface area contributed by atoms with Crippen LogP contribution in [0.2, 0.25) is 0 Å². The molecule has 96 valence electrons. The standard InChI is InChI=1S/C17H10O3/c18-16-13-8-4-5-9-14(13)20-15(17(16)19)11-10-12-6-2-1-3-7-12/h1-9,19H. The van der Waals surface area contributed by atoms with Gasteiger partial charge in [0.2, 0.25) is 16.9 Å². The average Bonchev–Trinajstić information content (AvgIpc) is 2.50. The van der Waals surface area contributed by atoms with Gasteiger partial charge in [-0.2, -0.15) is 0 Å². The lowest BCUT2D eigenvalue weighted by Crippen LogP contribution is -2.02. The van der Waals surface area contributed by atoms with Gasteiger partial charge in [-0.15, -0.1) is 0 Å². The molecule has 0 aliphatic heterocycles. The van der Waals surface area contributed by atoms with Crippen molar-refractivity contribution >= 4 is 11.0 Å². The van der Waals surface area contributed by atoms with Crippen molar-refractivity contribution in [3.05, 3.63) is 76.1 Å². The fraction of sp³-hybridized carbons (Fsp3) is 0. The molecule has 0 saturated heterocycles. The summed E-state index contributed by atoms with van der Waals surface area (Å²) in [5, 5.41) is 10.2. The highest BCUT2D eigenvalue weighted by Gasteiger charge is 2.10. The summed E-state index contributed by atoms with van der Waals surface area (Å²) in [6.07, 6.45) is 0. The van der Waals surface area contributed by atoms with Crippen LogP contribution in [-0.4, -0.2) is 5.11 Å². The molecule has 3 heteroatoms. The van der Waals surface area contributed by atoms with Crippen molar-refractivity contribution in [2.45, 2.75) is 0 Å². The molecule has 3 rings (SSSR count). The zero-order valence-electron chi connectivity index (χ0n) is 10.5. The van der Waals surface area contributed by atoms with Gasteiger partial charge in [-0.25, -0.2) is 0 Å². The zero-order valence-corrected chi connectivity index (χ0v) is 10.5. The maximum Gasteiger partial charge on any atom is 0.235 e. The summed E-state index contributed by atoms with van der Waals surface area (Å²) >= 11 is 0. The minimum atomic E-state index is -0.468. The van der Waals surface area contributed by atoms with Crippen molar-refractivity contribution in [1.29, 1.82) is 0 Å². The molecule has 3 aromatic rings. The van der Waals surface area contributed by atoms with E-state index in [1.807, 2.05) is 30.3 Å². The van der Waals surface area contributed by atoms with Crippen molar-refractivity contribution in [3.63, 3.8) is 0 Å². The van der Waals surface area contributed by atoms with E-state index < -0.39 is 11.2 Å². The number of hydrogen-bond donors (Lipinski definition) is 1. The molecule has 0 fully saturated rings. The van der Waals surface area contributed by atoms with Crippen LogP contribution < -0.4 is 5.43 Å². The van der Waals surface area contributed by atoms with E-state index in [2.05, 4.69) is 11.8 Å². The summed E-state index contributed by atoms with van der Waals surface area (Å²) in [4.78, 5) is 12.0. The fourth-order valence-electron chi connectivity index (χ4n) is 1.87. The van der Waals surface area contributed by atoms with Crippen molar-refractivity contribution < 1.29 is 9.52 Å². The Morgan fingerprint density at radius 3 is 2.40 bits per heavy atom. The number of fused-ring (bicyclic) bond motifs is 1. The van der Waals surface area contributed by atoms with Gasteiger partial charge in [0, 0.05) is 5.56 Å². The van der Waals surface area contributed by atoms with E-state index in [1.165, 1.54) is 0 Å². The summed E-state index contributed by atoms with van der Waals surface area (Å²) in [6, 6.07) is 16.0. The van der Waals surface area contributed by atoms with Crippen LogP contribution in [0.5, 0.6) is 5.75 Å². The van der Waals surface area contributed by atoms with Crippen LogP contribution in [0.15, 0.2) is 63.8 Å². The normalized spacial score (nSPS) is 10.0. The van der Waals surface area contributed by atoms with E-state index in [-0.39, 0.29) is 5.76 Å². The molecule has 0 aliphatic rings. The predicted molar refractivity (Wildman–Crippen MR) is 76.6 cm³/mol. The summed E-state index contributed by atoms with van der Waals surface area (Å²) in [5.41, 5.74) is 0.722. The van der Waals surface area contributed by atoms with Crippen LogP contribution in [-0.2, 0) is 0 Å². The fourth-order valence-corrected chi connectivity index (χ4v) is 1.87. The van der Waals surface area contributed by atoms with Crippen LogP contribution in [0.25, 0.3) is 11.0 Å². The van der Waals surface area contributed by atoms with E-state index in [0.29, 0.717) is 11.0 Å². The molecule has 0 atom stereocenters. The minimum Gasteiger partial charge on any atom is -0.501 e. The monoisotopic (exact) mass is 262 g/mol. The Kier molecular flexibility index (Phi) is 2.98. The number of rotatable bonds is 0. The van der Waals surface area contributed by atoms with Crippen molar-refractivity contribution in [3.8, 4) is 17.6 Å². The lowest BCUT2D eigenvalue weighted by atomic mass is 10.2. The second kappa shape index (κ2) is 4.94. The van der Waals surface area contributed by atoms with Gasteiger partial charge in [0.25, 0.3) is 0 Å². The Morgan fingerprint density at radius 1 is 0.900 bits per heavy atom. The summed E-state index contributed by atoms with van der Waals surface area (Å²) in [7, 11) is 0. The summed E-state index contributed by atoms with van der Waals surface area (Å²) < 4.78 is 5.47. The van der Waals surface area contributed by atoms with E-state index in [1.54, 1.807) is 24.3 Å². The first-order valence-corrected chi connectivity index (χ1v) is 6.07. The second-order valence-electron chi connectivity index (χ2n) is 4.22. The zero-order chi connectivity index (χ0) is 13.9. The Bertz CT molecular complexity index is 881. The molecule has 3 nitrogen and oxygen atoms in total. The third-order valence-corrected chi connectivity index (χ3v) is 2.87. The number of benzene rings is 2. The molecule has 20 heavy (non-hydrogen) atoms. The molecule has 1 aromatic heterocycles. The van der Waals surface area contributed by atoms with Crippen LogP contribution in [0, 0.1) is 11.8 Å². The van der Waals surface area contributed by atoms with Gasteiger partial charge in [-0.05, 0) is 30.2 Å². The van der Waals surface area contributed by atoms with Crippen molar-refractivity contribution in [2.24, 2.45) is 0 Å². The largest absolute Gasteiger partial charge is 0.501 e. The highest BCUT2D eigenvalue weighted by Crippen LogP contribution is 2.18. The SMILES string of the molecule is O=c1c(O)c(C#Cc2ccccc2)oc2ccccc12. The molecule has 1 heterocycles. The first kappa shape index (κ1) is 12.1. The minimum absolute atomic E-state index is 0.0162. The Balaban J connectivity index is 2.16. The molecule has 2 aromatic carbocycles. The lowest BCUT2D eigenvalue weighted by Gasteiger charge is -1.99. The molecular weight excluding hydrogens is 252 g/mol. The maximum atomic E-state index is 12.0. The molecule has 0 aliphatic carbocycles. The summed E-state index contributed by atoms with van der Waals surface area (Å²) in [6.45, 7) is 0. The molecular formula is C17H10O3. The van der Waals surface area contributed by atoms with E-state index in [4.69, 9.17) is 4.42 Å². The maximum absolute atomic E-state index is 12.0. The highest BCUT2D eigenvalue weighted by molar-refractivity contribution is 5.78. The third-order valence-electron chi connectivity index (χ3n) is 2.87. The molecule has 0 radical (unpaired) electrons. The average molecular weight is 262 g/mol. The van der Waals surface area contributed by atoms with Gasteiger partial charge in [0.05, 0.1) is 5.39 Å². The van der Waals surface area contributed by atoms with Crippen LogP contribution in [0.3, 0.4) is 0 Å². The molecule has 0 amide bonds. The number of aromatic hydroxyl groups is 1. The number of hydrogen-bond acceptors (Lipinski definition) is 3. The van der Waals surface area contributed by atoms with Gasteiger partial charge < -0.3 is 9.52 Å². The first-order valence-electron chi connectivity index (χ1n) is 6.07. The molecule has 0 spiro atoms. The van der Waals surface area contributed by atoms with E-state index in [9.17, 15) is 9.90 Å². The van der Waals surface area contributed by atoms with Gasteiger partial charge in [0.15, 0.2) is 0 Å². The Labute approximate surface area is 115 Å². The second-order valence-corrected chi connectivity index (χ2v) is 4.22. The van der Waals surface area contributed by atoms with E-state index >= 15 is 0 Å². The van der Waals surface area contributed by atoms with Gasteiger partial charge in [-0.1, -0.05) is 36.3 Å². The van der Waals surface area contributed by atoms with Crippen LogP contribution in [0.1, 0.15) is 11.3 Å². The first-order chi connectivity index (χ1) is 9.75. The lowest BCUT2D eigenvalue weighted by molar-refractivity contribution is 0.436. The van der Waals surface area contributed by atoms with Crippen LogP contribution in [0.4, 0.5) is 0 Å². The topological polar surface area (TPSA) is 50.4 Å². The predicted octanol–water partition coefficient (Wildman–Crippen LogP) is 2.90. The highest BCUT2D eigenvalue weighted by atomic mass is 16.4. The van der Waals surface area contributed by atoms with Gasteiger partial charge in [0.1, 0.15) is 5.58 Å². The Hall–Kier alpha value is -2.99. The van der Waals surface area contributed by atoms with Gasteiger partial charge >= 0.3 is 0 Å². The van der Waals surface area contributed by atoms with Gasteiger partial charge in [-0.3, -0.25) is 4.79 Å². The third kappa shape index (κ3) is 2.15. The molecule has 1 N–H and O–H groups in total. The quantitative estimate of drug-likeness (QED) is 0.634. The molecule has 0 saturated carbocycles. The number of para-hydroxylation sites is 1. The smallest absolute Gasteiger partial charge is 0.235 e. The van der Waals surface area contributed by atoms with Crippen molar-refractivity contribution in [1.82, 2.24) is 0 Å². The molecule has 0 unspecified atom stereocenters. The summed E-state index contributed by atoms with van der Waals surface area (Å²) in [5.74, 6) is 5.08. The molecule has 0 bridgehead atoms.